The molecule has 1 N–H and O–H groups in total. The molecule has 3 rings (SSSR count). The molecular weight excluding hydrogens is 244 g/mol. The van der Waals surface area contributed by atoms with Gasteiger partial charge in [0.1, 0.15) is 0 Å². The summed E-state index contributed by atoms with van der Waals surface area (Å²) in [5.74, 6) is 0.959. The van der Waals surface area contributed by atoms with Gasteiger partial charge in [-0.2, -0.15) is 0 Å². The summed E-state index contributed by atoms with van der Waals surface area (Å²) in [5, 5.41) is 3.88. The zero-order valence-electron chi connectivity index (χ0n) is 12.9. The van der Waals surface area contributed by atoms with E-state index >= 15 is 0 Å². The van der Waals surface area contributed by atoms with Gasteiger partial charge in [-0.1, -0.05) is 37.1 Å². The van der Waals surface area contributed by atoms with Gasteiger partial charge in [-0.05, 0) is 50.3 Å². The first kappa shape index (κ1) is 14.1. The first-order valence-corrected chi connectivity index (χ1v) is 8.21. The van der Waals surface area contributed by atoms with Crippen LogP contribution in [0.3, 0.4) is 0 Å². The van der Waals surface area contributed by atoms with Gasteiger partial charge in [0.2, 0.25) is 0 Å². The highest BCUT2D eigenvalue weighted by atomic mass is 15.1. The highest BCUT2D eigenvalue weighted by Crippen LogP contribution is 2.33. The molecule has 1 aliphatic carbocycles. The van der Waals surface area contributed by atoms with Gasteiger partial charge < -0.3 is 10.2 Å². The molecule has 2 nitrogen and oxygen atoms in total. The molecular formula is C18H28N2. The van der Waals surface area contributed by atoms with E-state index in [2.05, 4.69) is 48.5 Å². The van der Waals surface area contributed by atoms with Gasteiger partial charge in [-0.15, -0.1) is 0 Å². The Morgan fingerprint density at radius 2 is 2.00 bits per heavy atom. The van der Waals surface area contributed by atoms with Crippen molar-refractivity contribution in [1.82, 2.24) is 10.2 Å². The van der Waals surface area contributed by atoms with Crippen LogP contribution in [0, 0.1) is 12.8 Å². The van der Waals surface area contributed by atoms with Gasteiger partial charge in [0, 0.05) is 25.2 Å². The van der Waals surface area contributed by atoms with Crippen LogP contribution < -0.4 is 5.32 Å². The molecule has 2 aliphatic rings. The van der Waals surface area contributed by atoms with Crippen LogP contribution in [0.2, 0.25) is 0 Å². The normalized spacial score (nSPS) is 29.6. The number of hydrogen-bond donors (Lipinski definition) is 1. The van der Waals surface area contributed by atoms with E-state index in [4.69, 9.17) is 0 Å². The molecule has 1 saturated carbocycles. The Hall–Kier alpha value is -0.860. The number of benzene rings is 1. The van der Waals surface area contributed by atoms with Crippen molar-refractivity contribution < 1.29 is 0 Å². The van der Waals surface area contributed by atoms with Crippen molar-refractivity contribution in [3.63, 3.8) is 0 Å². The molecule has 1 heterocycles. The molecule has 0 aromatic heterocycles. The minimum atomic E-state index is 0.706. The lowest BCUT2D eigenvalue weighted by atomic mass is 9.85. The highest BCUT2D eigenvalue weighted by Gasteiger charge is 2.35. The van der Waals surface area contributed by atoms with Crippen LogP contribution in [0.25, 0.3) is 0 Å². The Labute approximate surface area is 123 Å². The maximum absolute atomic E-state index is 3.88. The Bertz CT molecular complexity index is 429. The summed E-state index contributed by atoms with van der Waals surface area (Å²) in [5.41, 5.74) is 2.87. The second-order valence-electron chi connectivity index (χ2n) is 6.87. The number of fused-ring (bicyclic) bond motifs is 1. The monoisotopic (exact) mass is 272 g/mol. The molecule has 0 amide bonds. The van der Waals surface area contributed by atoms with Crippen molar-refractivity contribution in [2.45, 2.75) is 57.7 Å². The van der Waals surface area contributed by atoms with E-state index in [1.807, 2.05) is 0 Å². The van der Waals surface area contributed by atoms with Gasteiger partial charge in [-0.25, -0.2) is 0 Å². The molecule has 3 unspecified atom stereocenters. The van der Waals surface area contributed by atoms with Crippen molar-refractivity contribution >= 4 is 0 Å². The molecule has 20 heavy (non-hydrogen) atoms. The zero-order chi connectivity index (χ0) is 13.9. The van der Waals surface area contributed by atoms with E-state index in [1.54, 1.807) is 0 Å². The van der Waals surface area contributed by atoms with E-state index < -0.39 is 0 Å². The quantitative estimate of drug-likeness (QED) is 0.904. The first-order valence-electron chi connectivity index (χ1n) is 8.21. The Kier molecular flexibility index (Phi) is 4.42. The molecule has 1 aliphatic heterocycles. The van der Waals surface area contributed by atoms with Crippen LogP contribution in [0.5, 0.6) is 0 Å². The highest BCUT2D eigenvalue weighted by molar-refractivity contribution is 5.25. The lowest BCUT2D eigenvalue weighted by Gasteiger charge is -2.24. The minimum absolute atomic E-state index is 0.706. The average Bonchev–Trinajstić information content (AvgIpc) is 2.83. The fourth-order valence-corrected chi connectivity index (χ4v) is 4.09. The van der Waals surface area contributed by atoms with Crippen molar-refractivity contribution in [3.05, 3.63) is 35.4 Å². The van der Waals surface area contributed by atoms with Crippen molar-refractivity contribution in [1.29, 1.82) is 0 Å². The summed E-state index contributed by atoms with van der Waals surface area (Å²) in [4.78, 5) is 2.48. The van der Waals surface area contributed by atoms with E-state index in [1.165, 1.54) is 49.8 Å². The third-order valence-corrected chi connectivity index (χ3v) is 5.18. The Balaban J connectivity index is 1.52. The lowest BCUT2D eigenvalue weighted by molar-refractivity contribution is 0.288. The molecule has 1 saturated heterocycles. The Morgan fingerprint density at radius 1 is 1.20 bits per heavy atom. The molecule has 3 atom stereocenters. The second-order valence-corrected chi connectivity index (χ2v) is 6.87. The standard InChI is InChI=1S/C18H28N2/c1-14-7-3-4-9-16(14)12-20(2)13-17-11-15-8-5-6-10-18(15)19-17/h3-4,7,9,15,17-19H,5-6,8,10-13H2,1-2H3. The number of nitrogens with one attached hydrogen (secondary N) is 1. The van der Waals surface area contributed by atoms with Crippen molar-refractivity contribution in [2.75, 3.05) is 13.6 Å². The summed E-state index contributed by atoms with van der Waals surface area (Å²) in [6.45, 7) is 4.47. The largest absolute Gasteiger partial charge is 0.310 e. The number of aryl methyl sites for hydroxylation is 1. The molecule has 1 aromatic carbocycles. The zero-order valence-corrected chi connectivity index (χ0v) is 12.9. The third kappa shape index (κ3) is 3.24. The van der Waals surface area contributed by atoms with Gasteiger partial charge in [0.25, 0.3) is 0 Å². The topological polar surface area (TPSA) is 15.3 Å². The number of likely N-dealkylation sites (N-methyl/N-ethyl adjacent to an activating group) is 1. The number of nitrogens with zero attached hydrogens (tertiary/aromatic N) is 1. The van der Waals surface area contributed by atoms with Crippen LogP contribution in [0.1, 0.15) is 43.2 Å². The Morgan fingerprint density at radius 3 is 2.80 bits per heavy atom. The van der Waals surface area contributed by atoms with Crippen LogP contribution in [-0.2, 0) is 6.54 Å². The van der Waals surface area contributed by atoms with Crippen molar-refractivity contribution in [3.8, 4) is 0 Å². The molecule has 2 fully saturated rings. The number of hydrogen-bond acceptors (Lipinski definition) is 2. The molecule has 1 aromatic rings. The van der Waals surface area contributed by atoms with E-state index in [9.17, 15) is 0 Å². The first-order chi connectivity index (χ1) is 9.72. The predicted octanol–water partition coefficient (Wildman–Crippen LogP) is 3.35. The summed E-state index contributed by atoms with van der Waals surface area (Å²) in [7, 11) is 2.26. The summed E-state index contributed by atoms with van der Waals surface area (Å²) >= 11 is 0. The van der Waals surface area contributed by atoms with Crippen LogP contribution in [-0.4, -0.2) is 30.6 Å². The summed E-state index contributed by atoms with van der Waals surface area (Å²) < 4.78 is 0. The summed E-state index contributed by atoms with van der Waals surface area (Å²) in [6, 6.07) is 10.3. The van der Waals surface area contributed by atoms with Gasteiger partial charge in [0.15, 0.2) is 0 Å². The molecule has 0 bridgehead atoms. The van der Waals surface area contributed by atoms with Crippen LogP contribution in [0.15, 0.2) is 24.3 Å². The maximum Gasteiger partial charge on any atom is 0.0233 e. The molecule has 110 valence electrons. The second kappa shape index (κ2) is 6.28. The van der Waals surface area contributed by atoms with E-state index in [0.29, 0.717) is 6.04 Å². The van der Waals surface area contributed by atoms with E-state index in [0.717, 1.165) is 18.5 Å². The predicted molar refractivity (Wildman–Crippen MR) is 84.8 cm³/mol. The number of rotatable bonds is 4. The summed E-state index contributed by atoms with van der Waals surface area (Å²) in [6.07, 6.45) is 7.13. The fourth-order valence-electron chi connectivity index (χ4n) is 4.09. The maximum atomic E-state index is 3.88. The fraction of sp³-hybridized carbons (Fsp3) is 0.667. The van der Waals surface area contributed by atoms with Crippen LogP contribution in [0.4, 0.5) is 0 Å². The van der Waals surface area contributed by atoms with Gasteiger partial charge in [0.05, 0.1) is 0 Å². The average molecular weight is 272 g/mol. The van der Waals surface area contributed by atoms with Crippen molar-refractivity contribution in [2.24, 2.45) is 5.92 Å². The van der Waals surface area contributed by atoms with Gasteiger partial charge in [-0.3, -0.25) is 0 Å². The SMILES string of the molecule is Cc1ccccc1CN(C)CC1CC2CCCCC2N1. The third-order valence-electron chi connectivity index (χ3n) is 5.18. The molecule has 0 spiro atoms. The lowest BCUT2D eigenvalue weighted by Crippen LogP contribution is -2.39. The minimum Gasteiger partial charge on any atom is -0.310 e. The van der Waals surface area contributed by atoms with Gasteiger partial charge >= 0.3 is 0 Å². The van der Waals surface area contributed by atoms with Crippen LogP contribution >= 0.6 is 0 Å². The van der Waals surface area contributed by atoms with E-state index in [-0.39, 0.29) is 0 Å². The smallest absolute Gasteiger partial charge is 0.0233 e. The molecule has 0 radical (unpaired) electrons. The molecule has 2 heteroatoms.